The number of likely N-dealkylation sites (N-methyl/N-ethyl adjacent to an activating group) is 1. The molecule has 0 saturated heterocycles. The second kappa shape index (κ2) is 8.02. The van der Waals surface area contributed by atoms with Crippen LogP contribution in [-0.2, 0) is 12.7 Å². The maximum atomic E-state index is 12.7. The van der Waals surface area contributed by atoms with Gasteiger partial charge in [-0.3, -0.25) is 4.90 Å². The van der Waals surface area contributed by atoms with Crippen molar-refractivity contribution >= 4 is 0 Å². The fraction of sp³-hybridized carbons (Fsp3) is 0.318. The highest BCUT2D eigenvalue weighted by molar-refractivity contribution is 5.54. The Hall–Kier alpha value is -3.00. The number of fused-ring (bicyclic) bond motifs is 1. The first-order valence-corrected chi connectivity index (χ1v) is 9.50. The van der Waals surface area contributed by atoms with Crippen LogP contribution in [0.1, 0.15) is 17.0 Å². The summed E-state index contributed by atoms with van der Waals surface area (Å²) in [6.07, 6.45) is -4.49. The molecule has 0 N–H and O–H groups in total. The third-order valence-electron chi connectivity index (χ3n) is 4.85. The van der Waals surface area contributed by atoms with Gasteiger partial charge in [0.1, 0.15) is 18.5 Å². The van der Waals surface area contributed by atoms with E-state index >= 15 is 0 Å². The van der Waals surface area contributed by atoms with E-state index in [0.29, 0.717) is 36.9 Å². The van der Waals surface area contributed by atoms with Crippen molar-refractivity contribution in [3.63, 3.8) is 0 Å². The van der Waals surface area contributed by atoms with Crippen LogP contribution >= 0.6 is 0 Å². The van der Waals surface area contributed by atoms with Crippen LogP contribution < -0.4 is 9.47 Å². The van der Waals surface area contributed by atoms with Crippen LogP contribution in [0.2, 0.25) is 0 Å². The quantitative estimate of drug-likeness (QED) is 0.587. The predicted octanol–water partition coefficient (Wildman–Crippen LogP) is 4.94. The number of nitrogens with zero attached hydrogens (tertiary/aromatic N) is 2. The number of aryl methyl sites for hydroxylation is 1. The summed E-state index contributed by atoms with van der Waals surface area (Å²) in [4.78, 5) is 6.52. The molecular weight excluding hydrogens is 397 g/mol. The summed E-state index contributed by atoms with van der Waals surface area (Å²) in [6.45, 7) is 3.38. The van der Waals surface area contributed by atoms with Crippen LogP contribution in [-0.4, -0.2) is 36.2 Å². The van der Waals surface area contributed by atoms with Gasteiger partial charge in [0.25, 0.3) is 0 Å². The number of halogens is 3. The van der Waals surface area contributed by atoms with Crippen molar-refractivity contribution in [2.45, 2.75) is 25.7 Å². The number of ether oxygens (including phenoxy) is 2. The van der Waals surface area contributed by atoms with E-state index in [2.05, 4.69) is 4.98 Å². The maximum absolute atomic E-state index is 12.7. The van der Waals surface area contributed by atoms with Gasteiger partial charge >= 0.3 is 6.18 Å². The lowest BCUT2D eigenvalue weighted by Crippen LogP contribution is -2.39. The van der Waals surface area contributed by atoms with E-state index in [1.807, 2.05) is 36.2 Å². The van der Waals surface area contributed by atoms with Gasteiger partial charge in [0.2, 0.25) is 5.89 Å². The number of hydrogen-bond donors (Lipinski definition) is 0. The minimum atomic E-state index is -4.37. The average Bonchev–Trinajstić information content (AvgIpc) is 3.07. The Morgan fingerprint density at radius 1 is 1.07 bits per heavy atom. The van der Waals surface area contributed by atoms with Gasteiger partial charge < -0.3 is 13.9 Å². The Morgan fingerprint density at radius 2 is 1.77 bits per heavy atom. The highest BCUT2D eigenvalue weighted by Gasteiger charge is 2.30. The number of benzene rings is 2. The third kappa shape index (κ3) is 4.43. The summed E-state index contributed by atoms with van der Waals surface area (Å²) in [7, 11) is 1.94. The van der Waals surface area contributed by atoms with E-state index in [4.69, 9.17) is 13.9 Å². The van der Waals surface area contributed by atoms with Crippen molar-refractivity contribution in [3.05, 3.63) is 65.5 Å². The van der Waals surface area contributed by atoms with Crippen molar-refractivity contribution in [3.8, 4) is 23.0 Å². The number of para-hydroxylation sites is 2. The van der Waals surface area contributed by atoms with Crippen LogP contribution in [0.3, 0.4) is 0 Å². The molecule has 1 aromatic heterocycles. The summed E-state index contributed by atoms with van der Waals surface area (Å²) < 4.78 is 55.6. The Labute approximate surface area is 172 Å². The van der Waals surface area contributed by atoms with Gasteiger partial charge in [-0.25, -0.2) is 4.98 Å². The van der Waals surface area contributed by atoms with Gasteiger partial charge in [0.05, 0.1) is 11.3 Å². The third-order valence-corrected chi connectivity index (χ3v) is 4.85. The predicted molar refractivity (Wildman–Crippen MR) is 104 cm³/mol. The van der Waals surface area contributed by atoms with Crippen LogP contribution in [0, 0.1) is 6.92 Å². The topological polar surface area (TPSA) is 47.7 Å². The Morgan fingerprint density at radius 3 is 2.47 bits per heavy atom. The van der Waals surface area contributed by atoms with Gasteiger partial charge in [-0.05, 0) is 50.4 Å². The number of hydrogen-bond acceptors (Lipinski definition) is 5. The molecular formula is C22H21F3N2O3. The number of rotatable bonds is 5. The molecule has 2 aromatic carbocycles. The Kier molecular flexibility index (Phi) is 5.42. The summed E-state index contributed by atoms with van der Waals surface area (Å²) in [5.41, 5.74) is 0.524. The molecule has 5 nitrogen and oxygen atoms in total. The minimum Gasteiger partial charge on any atom is -0.486 e. The molecule has 8 heteroatoms. The van der Waals surface area contributed by atoms with E-state index in [1.165, 1.54) is 12.1 Å². The zero-order chi connectivity index (χ0) is 21.3. The fourth-order valence-electron chi connectivity index (χ4n) is 3.32. The molecule has 1 atom stereocenters. The van der Waals surface area contributed by atoms with Crippen LogP contribution in [0.5, 0.6) is 11.5 Å². The van der Waals surface area contributed by atoms with Crippen molar-refractivity contribution < 1.29 is 27.1 Å². The second-order valence-electron chi connectivity index (χ2n) is 7.29. The molecule has 4 rings (SSSR count). The molecule has 0 radical (unpaired) electrons. The number of alkyl halides is 3. The van der Waals surface area contributed by atoms with Crippen LogP contribution in [0.15, 0.2) is 52.9 Å². The van der Waals surface area contributed by atoms with Gasteiger partial charge in [-0.15, -0.1) is 0 Å². The summed E-state index contributed by atoms with van der Waals surface area (Å²) in [5, 5.41) is 0. The van der Waals surface area contributed by atoms with E-state index in [9.17, 15) is 13.2 Å². The lowest BCUT2D eigenvalue weighted by molar-refractivity contribution is -0.137. The van der Waals surface area contributed by atoms with Crippen molar-refractivity contribution in [1.29, 1.82) is 0 Å². The zero-order valence-corrected chi connectivity index (χ0v) is 16.6. The molecule has 0 bridgehead atoms. The molecule has 3 aromatic rings. The van der Waals surface area contributed by atoms with Crippen molar-refractivity contribution in [2.24, 2.45) is 0 Å². The molecule has 158 valence electrons. The van der Waals surface area contributed by atoms with E-state index in [-0.39, 0.29) is 6.10 Å². The van der Waals surface area contributed by atoms with E-state index in [0.717, 1.165) is 29.3 Å². The smallest absolute Gasteiger partial charge is 0.416 e. The molecule has 0 saturated carbocycles. The largest absolute Gasteiger partial charge is 0.486 e. The average molecular weight is 418 g/mol. The number of oxazole rings is 1. The highest BCUT2D eigenvalue weighted by atomic mass is 19.4. The molecule has 0 fully saturated rings. The molecule has 0 aliphatic carbocycles. The first-order valence-electron chi connectivity index (χ1n) is 9.50. The zero-order valence-electron chi connectivity index (χ0n) is 16.6. The summed E-state index contributed by atoms with van der Waals surface area (Å²) in [5.74, 6) is 2.40. The lowest BCUT2D eigenvalue weighted by atomic mass is 10.1. The molecule has 1 aliphatic rings. The monoisotopic (exact) mass is 418 g/mol. The Balaban J connectivity index is 1.40. The SMILES string of the molecule is Cc1oc(-c2ccc(C(F)(F)F)cc2)nc1CN(C)CC1COc2ccccc2O1. The van der Waals surface area contributed by atoms with Crippen molar-refractivity contribution in [1.82, 2.24) is 9.88 Å². The summed E-state index contributed by atoms with van der Waals surface area (Å²) in [6, 6.07) is 12.3. The molecule has 1 aliphatic heterocycles. The van der Waals surface area contributed by atoms with E-state index < -0.39 is 11.7 Å². The standard InChI is InChI=1S/C22H21F3N2O3/c1-14-18(26-21(29-14)15-7-9-16(10-8-15)22(23,24)25)12-27(2)11-17-13-28-19-5-3-4-6-20(19)30-17/h3-10,17H,11-13H2,1-2H3. The lowest BCUT2D eigenvalue weighted by Gasteiger charge is -2.29. The highest BCUT2D eigenvalue weighted by Crippen LogP contribution is 2.32. The molecule has 2 heterocycles. The van der Waals surface area contributed by atoms with Gasteiger partial charge in [0.15, 0.2) is 11.5 Å². The number of aromatic nitrogens is 1. The normalized spacial score (nSPS) is 16.1. The minimum absolute atomic E-state index is 0.119. The van der Waals surface area contributed by atoms with Gasteiger partial charge in [-0.2, -0.15) is 13.2 Å². The first-order chi connectivity index (χ1) is 14.3. The molecule has 30 heavy (non-hydrogen) atoms. The molecule has 0 amide bonds. The second-order valence-corrected chi connectivity index (χ2v) is 7.29. The van der Waals surface area contributed by atoms with Gasteiger partial charge in [0, 0.05) is 18.7 Å². The molecule has 1 unspecified atom stereocenters. The Bertz CT molecular complexity index is 1020. The summed E-state index contributed by atoms with van der Waals surface area (Å²) >= 11 is 0. The van der Waals surface area contributed by atoms with Gasteiger partial charge in [-0.1, -0.05) is 12.1 Å². The van der Waals surface area contributed by atoms with Crippen LogP contribution in [0.4, 0.5) is 13.2 Å². The van der Waals surface area contributed by atoms with Crippen LogP contribution in [0.25, 0.3) is 11.5 Å². The van der Waals surface area contributed by atoms with E-state index in [1.54, 1.807) is 6.92 Å². The first kappa shape index (κ1) is 20.3. The molecule has 0 spiro atoms. The van der Waals surface area contributed by atoms with Crippen molar-refractivity contribution in [2.75, 3.05) is 20.2 Å². The maximum Gasteiger partial charge on any atom is 0.416 e. The fourth-order valence-corrected chi connectivity index (χ4v) is 3.32.